The van der Waals surface area contributed by atoms with Crippen LogP contribution in [0.2, 0.25) is 10.0 Å². The molecule has 1 heterocycles. The fourth-order valence-electron chi connectivity index (χ4n) is 5.62. The first-order valence-corrected chi connectivity index (χ1v) is 15.2. The van der Waals surface area contributed by atoms with E-state index in [0.29, 0.717) is 16.5 Å². The lowest BCUT2D eigenvalue weighted by Gasteiger charge is -2.52. The highest BCUT2D eigenvalue weighted by Crippen LogP contribution is 2.52. The second-order valence-corrected chi connectivity index (χ2v) is 12.4. The number of benzene rings is 3. The van der Waals surface area contributed by atoms with Crippen molar-refractivity contribution >= 4 is 46.8 Å². The van der Waals surface area contributed by atoms with E-state index >= 15 is 0 Å². The summed E-state index contributed by atoms with van der Waals surface area (Å²) in [5.74, 6) is 1.16. The van der Waals surface area contributed by atoms with Crippen molar-refractivity contribution in [2.24, 2.45) is 5.41 Å². The normalized spacial score (nSPS) is 22.0. The molecule has 0 N–H and O–H groups in total. The van der Waals surface area contributed by atoms with Gasteiger partial charge in [0.15, 0.2) is 0 Å². The topological polar surface area (TPSA) is 46.6 Å². The molecule has 0 aromatic heterocycles. The number of rotatable bonds is 10. The number of piperidine rings is 1. The van der Waals surface area contributed by atoms with Crippen molar-refractivity contribution < 1.29 is 14.3 Å². The van der Waals surface area contributed by atoms with Gasteiger partial charge in [-0.2, -0.15) is 11.8 Å². The lowest BCUT2D eigenvalue weighted by atomic mass is 9.67. The van der Waals surface area contributed by atoms with Crippen molar-refractivity contribution in [3.63, 3.8) is 0 Å². The number of ether oxygens (including phenoxy) is 1. The molecule has 1 fully saturated rings. The third kappa shape index (κ3) is 7.00. The number of hydrogen-bond donors (Lipinski definition) is 0. The molecule has 0 radical (unpaired) electrons. The lowest BCUT2D eigenvalue weighted by Crippen LogP contribution is -2.56. The lowest BCUT2D eigenvalue weighted by molar-refractivity contribution is -0.161. The summed E-state index contributed by atoms with van der Waals surface area (Å²) in [6.07, 6.45) is 1.31. The molecule has 1 unspecified atom stereocenters. The highest BCUT2D eigenvalue weighted by Gasteiger charge is 2.52. The second-order valence-electron chi connectivity index (χ2n) is 10.5. The maximum Gasteiger partial charge on any atom is 0.306 e. The molecule has 4 rings (SSSR count). The molecule has 4 nitrogen and oxygen atoms in total. The van der Waals surface area contributed by atoms with Gasteiger partial charge in [0.2, 0.25) is 5.91 Å². The van der Waals surface area contributed by atoms with Crippen LogP contribution in [-0.2, 0) is 20.1 Å². The van der Waals surface area contributed by atoms with Gasteiger partial charge >= 0.3 is 5.97 Å². The number of amides is 1. The summed E-state index contributed by atoms with van der Waals surface area (Å²) < 4.78 is 5.04. The predicted molar refractivity (Wildman–Crippen MR) is 161 cm³/mol. The highest BCUT2D eigenvalue weighted by molar-refractivity contribution is 7.98. The van der Waals surface area contributed by atoms with Crippen molar-refractivity contribution in [2.75, 3.05) is 12.9 Å². The summed E-state index contributed by atoms with van der Waals surface area (Å²) in [6, 6.07) is 25.7. The van der Waals surface area contributed by atoms with E-state index in [1.807, 2.05) is 79.3 Å². The molecule has 0 bridgehead atoms. The molecule has 4 atom stereocenters. The van der Waals surface area contributed by atoms with Gasteiger partial charge in [-0.1, -0.05) is 91.6 Å². The summed E-state index contributed by atoms with van der Waals surface area (Å²) in [5.41, 5.74) is 2.40. The first kappa shape index (κ1) is 29.5. The van der Waals surface area contributed by atoms with Gasteiger partial charge in [-0.3, -0.25) is 9.59 Å². The first-order valence-electron chi connectivity index (χ1n) is 13.3. The van der Waals surface area contributed by atoms with Gasteiger partial charge in [0.05, 0.1) is 25.0 Å². The summed E-state index contributed by atoms with van der Waals surface area (Å²) in [4.78, 5) is 29.1. The summed E-state index contributed by atoms with van der Waals surface area (Å²) in [6.45, 7) is 4.03. The van der Waals surface area contributed by atoms with Crippen LogP contribution < -0.4 is 0 Å². The zero-order valence-corrected chi connectivity index (χ0v) is 24.9. The number of nitrogens with zero attached hydrogens (tertiary/aromatic N) is 1. The van der Waals surface area contributed by atoms with E-state index in [-0.39, 0.29) is 36.3 Å². The van der Waals surface area contributed by atoms with E-state index in [1.165, 1.54) is 12.7 Å². The Bertz CT molecular complexity index is 1270. The molecule has 1 aliphatic rings. The molecule has 1 amide bonds. The number of carbonyl (C=O) groups is 2. The Balaban J connectivity index is 1.78. The highest BCUT2D eigenvalue weighted by atomic mass is 35.5. The summed E-state index contributed by atoms with van der Waals surface area (Å²) in [7, 11) is 1.37. The van der Waals surface area contributed by atoms with Crippen molar-refractivity contribution in [2.45, 2.75) is 56.9 Å². The molecule has 39 heavy (non-hydrogen) atoms. The molecule has 7 heteroatoms. The maximum atomic E-state index is 14.5. The van der Waals surface area contributed by atoms with Crippen LogP contribution in [0.3, 0.4) is 0 Å². The van der Waals surface area contributed by atoms with Crippen molar-refractivity contribution in [3.8, 4) is 0 Å². The van der Waals surface area contributed by atoms with Crippen molar-refractivity contribution in [1.82, 2.24) is 4.90 Å². The molecule has 3 aromatic rings. The molecule has 0 aliphatic carbocycles. The van der Waals surface area contributed by atoms with E-state index in [2.05, 4.69) is 30.0 Å². The molecule has 206 valence electrons. The Labute approximate surface area is 246 Å². The van der Waals surface area contributed by atoms with E-state index in [1.54, 1.807) is 0 Å². The molecule has 1 aliphatic heterocycles. The molecular formula is C32H35Cl2NO3S. The Morgan fingerprint density at radius 2 is 1.74 bits per heavy atom. The molecule has 1 saturated heterocycles. The van der Waals surface area contributed by atoms with Crippen LogP contribution in [-0.4, -0.2) is 35.7 Å². The van der Waals surface area contributed by atoms with Gasteiger partial charge in [0, 0.05) is 33.5 Å². The van der Waals surface area contributed by atoms with E-state index < -0.39 is 5.41 Å². The van der Waals surface area contributed by atoms with Gasteiger partial charge in [0.1, 0.15) is 0 Å². The number of methoxy groups -OCH3 is 1. The quantitative estimate of drug-likeness (QED) is 0.225. The first-order chi connectivity index (χ1) is 18.8. The fourth-order valence-corrected chi connectivity index (χ4v) is 7.16. The zero-order valence-electron chi connectivity index (χ0n) is 22.6. The van der Waals surface area contributed by atoms with Crippen LogP contribution >= 0.6 is 35.0 Å². The summed E-state index contributed by atoms with van der Waals surface area (Å²) in [5, 5.41) is 1.29. The standard InChI is InChI=1S/C32H35Cl2NO3S/c1-4-27(21-39-20-22-9-6-5-7-10-22)35-30(23-13-15-25(33)16-14-23)28(24-11-8-12-26(34)17-24)18-32(2,31(35)37)19-29(36)38-3/h5-17,27-28,30H,4,18-21H2,1-3H3/t27?,28-,30-,32-/m1/s1. The monoisotopic (exact) mass is 583 g/mol. The smallest absolute Gasteiger partial charge is 0.306 e. The Morgan fingerprint density at radius 3 is 2.38 bits per heavy atom. The van der Waals surface area contributed by atoms with Gasteiger partial charge in [-0.25, -0.2) is 0 Å². The number of carbonyl (C=O) groups excluding carboxylic acids is 2. The van der Waals surface area contributed by atoms with Gasteiger partial charge < -0.3 is 9.64 Å². The average molecular weight is 585 g/mol. The van der Waals surface area contributed by atoms with Gasteiger partial charge in [-0.15, -0.1) is 0 Å². The van der Waals surface area contributed by atoms with Gasteiger partial charge in [-0.05, 0) is 53.8 Å². The Kier molecular flexibility index (Phi) is 10.0. The fraction of sp³-hybridized carbons (Fsp3) is 0.375. The van der Waals surface area contributed by atoms with E-state index in [4.69, 9.17) is 27.9 Å². The SMILES string of the molecule is CCC(CSCc1ccccc1)N1C(=O)[C@@](C)(CC(=O)OC)C[C@H](c2cccc(Cl)c2)[C@H]1c1ccc(Cl)cc1. The number of likely N-dealkylation sites (tertiary alicyclic amines) is 1. The third-order valence-corrected chi connectivity index (χ3v) is 9.28. The maximum absolute atomic E-state index is 14.5. The average Bonchev–Trinajstić information content (AvgIpc) is 2.94. The van der Waals surface area contributed by atoms with Crippen molar-refractivity contribution in [3.05, 3.63) is 106 Å². The number of halogens is 2. The minimum atomic E-state index is -0.916. The minimum absolute atomic E-state index is 0.0155. The third-order valence-electron chi connectivity index (χ3n) is 7.64. The zero-order chi connectivity index (χ0) is 28.0. The second kappa shape index (κ2) is 13.3. The summed E-state index contributed by atoms with van der Waals surface area (Å²) >= 11 is 14.6. The Morgan fingerprint density at radius 1 is 1.03 bits per heavy atom. The van der Waals surface area contributed by atoms with E-state index in [9.17, 15) is 9.59 Å². The predicted octanol–water partition coefficient (Wildman–Crippen LogP) is 8.33. The number of hydrogen-bond acceptors (Lipinski definition) is 4. The van der Waals surface area contributed by atoms with Crippen LogP contribution in [0, 0.1) is 5.41 Å². The van der Waals surface area contributed by atoms with Crippen molar-refractivity contribution in [1.29, 1.82) is 0 Å². The molecule has 0 spiro atoms. The van der Waals surface area contributed by atoms with Crippen LogP contribution in [0.25, 0.3) is 0 Å². The van der Waals surface area contributed by atoms with Crippen LogP contribution in [0.1, 0.15) is 61.8 Å². The molecule has 3 aromatic carbocycles. The van der Waals surface area contributed by atoms with Crippen LogP contribution in [0.5, 0.6) is 0 Å². The molecule has 0 saturated carbocycles. The number of thioether (sulfide) groups is 1. The Hall–Kier alpha value is -2.47. The van der Waals surface area contributed by atoms with Crippen LogP contribution in [0.15, 0.2) is 78.9 Å². The van der Waals surface area contributed by atoms with E-state index in [0.717, 1.165) is 29.1 Å². The minimum Gasteiger partial charge on any atom is -0.469 e. The number of esters is 1. The van der Waals surface area contributed by atoms with Gasteiger partial charge in [0.25, 0.3) is 0 Å². The van der Waals surface area contributed by atoms with Crippen LogP contribution in [0.4, 0.5) is 0 Å². The molecular weight excluding hydrogens is 549 g/mol. The largest absolute Gasteiger partial charge is 0.469 e.